The van der Waals surface area contributed by atoms with E-state index in [1.807, 2.05) is 6.92 Å². The van der Waals surface area contributed by atoms with Crippen LogP contribution in [0, 0.1) is 26.7 Å². The molecular formula is C13H23N3. The van der Waals surface area contributed by atoms with Crippen molar-refractivity contribution in [2.45, 2.75) is 41.0 Å². The van der Waals surface area contributed by atoms with E-state index in [2.05, 4.69) is 43.0 Å². The Morgan fingerprint density at radius 3 is 2.19 bits per heavy atom. The third-order valence-corrected chi connectivity index (χ3v) is 2.83. The minimum absolute atomic E-state index is 0.628. The molecule has 0 fully saturated rings. The minimum atomic E-state index is 0.628. The van der Waals surface area contributed by atoms with Gasteiger partial charge in [0.15, 0.2) is 0 Å². The van der Waals surface area contributed by atoms with Crippen LogP contribution in [-0.4, -0.2) is 23.1 Å². The molecule has 1 rings (SSSR count). The predicted molar refractivity (Wildman–Crippen MR) is 67.7 cm³/mol. The molecule has 0 saturated carbocycles. The van der Waals surface area contributed by atoms with Gasteiger partial charge in [0, 0.05) is 11.4 Å². The molecule has 1 unspecified atom stereocenters. The van der Waals surface area contributed by atoms with Gasteiger partial charge in [-0.1, -0.05) is 13.8 Å². The summed E-state index contributed by atoms with van der Waals surface area (Å²) in [6.45, 7) is 12.6. The summed E-state index contributed by atoms with van der Waals surface area (Å²) in [5, 5.41) is 3.38. The van der Waals surface area contributed by atoms with Gasteiger partial charge in [-0.3, -0.25) is 0 Å². The van der Waals surface area contributed by atoms with Crippen molar-refractivity contribution in [2.24, 2.45) is 5.92 Å². The van der Waals surface area contributed by atoms with Gasteiger partial charge in [-0.15, -0.1) is 0 Å². The van der Waals surface area contributed by atoms with Crippen LogP contribution in [-0.2, 0) is 6.42 Å². The first kappa shape index (κ1) is 13.1. The van der Waals surface area contributed by atoms with Crippen LogP contribution in [0.3, 0.4) is 0 Å². The summed E-state index contributed by atoms with van der Waals surface area (Å²) < 4.78 is 0. The lowest BCUT2D eigenvalue weighted by molar-refractivity contribution is 0.517. The quantitative estimate of drug-likeness (QED) is 0.828. The zero-order chi connectivity index (χ0) is 12.1. The first-order valence-electron chi connectivity index (χ1n) is 6.06. The summed E-state index contributed by atoms with van der Waals surface area (Å²) in [6.07, 6.45) is 1.06. The summed E-state index contributed by atoms with van der Waals surface area (Å²) in [4.78, 5) is 8.87. The lowest BCUT2D eigenvalue weighted by atomic mass is 9.98. The van der Waals surface area contributed by atoms with Gasteiger partial charge in [0.05, 0.1) is 0 Å². The van der Waals surface area contributed by atoms with Crippen molar-refractivity contribution in [3.8, 4) is 0 Å². The molecule has 0 saturated heterocycles. The number of nitrogens with zero attached hydrogens (tertiary/aromatic N) is 2. The number of hydrogen-bond acceptors (Lipinski definition) is 3. The Kier molecular flexibility index (Phi) is 4.87. The van der Waals surface area contributed by atoms with Crippen molar-refractivity contribution < 1.29 is 0 Å². The van der Waals surface area contributed by atoms with Crippen molar-refractivity contribution in [1.82, 2.24) is 15.3 Å². The van der Waals surface area contributed by atoms with Gasteiger partial charge in [0.1, 0.15) is 5.82 Å². The topological polar surface area (TPSA) is 37.8 Å². The smallest absolute Gasteiger partial charge is 0.125 e. The number of rotatable bonds is 5. The molecule has 90 valence electrons. The van der Waals surface area contributed by atoms with E-state index in [0.29, 0.717) is 5.92 Å². The normalized spacial score (nSPS) is 12.8. The van der Waals surface area contributed by atoms with Crippen molar-refractivity contribution >= 4 is 0 Å². The Labute approximate surface area is 98.7 Å². The van der Waals surface area contributed by atoms with Gasteiger partial charge < -0.3 is 5.32 Å². The Balaban J connectivity index is 2.73. The highest BCUT2D eigenvalue weighted by molar-refractivity contribution is 5.24. The molecule has 3 heteroatoms. The molecule has 0 radical (unpaired) electrons. The second-order valence-electron chi connectivity index (χ2n) is 4.54. The van der Waals surface area contributed by atoms with Crippen LogP contribution in [0.1, 0.15) is 36.6 Å². The van der Waals surface area contributed by atoms with Crippen LogP contribution >= 0.6 is 0 Å². The average molecular weight is 221 g/mol. The van der Waals surface area contributed by atoms with Gasteiger partial charge in [0.25, 0.3) is 0 Å². The molecule has 0 aromatic carbocycles. The Morgan fingerprint density at radius 1 is 1.12 bits per heavy atom. The number of nitrogens with one attached hydrogen (secondary N) is 1. The monoisotopic (exact) mass is 221 g/mol. The maximum atomic E-state index is 4.44. The average Bonchev–Trinajstić information content (AvgIpc) is 2.20. The van der Waals surface area contributed by atoms with E-state index in [9.17, 15) is 0 Å². The molecule has 0 aliphatic rings. The van der Waals surface area contributed by atoms with Crippen molar-refractivity contribution in [1.29, 1.82) is 0 Å². The molecule has 1 heterocycles. The molecule has 1 aromatic heterocycles. The van der Waals surface area contributed by atoms with Crippen LogP contribution in [0.2, 0.25) is 0 Å². The highest BCUT2D eigenvalue weighted by Crippen LogP contribution is 2.14. The molecule has 0 aliphatic heterocycles. The molecule has 1 N–H and O–H groups in total. The molecular weight excluding hydrogens is 198 g/mol. The first-order valence-corrected chi connectivity index (χ1v) is 6.06. The zero-order valence-electron chi connectivity index (χ0n) is 11.1. The van der Waals surface area contributed by atoms with Crippen LogP contribution < -0.4 is 5.32 Å². The van der Waals surface area contributed by atoms with E-state index in [1.165, 1.54) is 5.56 Å². The molecule has 1 aromatic rings. The van der Waals surface area contributed by atoms with Crippen molar-refractivity contribution in [2.75, 3.05) is 13.1 Å². The Morgan fingerprint density at radius 2 is 1.69 bits per heavy atom. The minimum Gasteiger partial charge on any atom is -0.317 e. The van der Waals surface area contributed by atoms with Crippen molar-refractivity contribution in [3.05, 3.63) is 22.8 Å². The highest BCUT2D eigenvalue weighted by atomic mass is 14.9. The van der Waals surface area contributed by atoms with Crippen LogP contribution in [0.15, 0.2) is 0 Å². The van der Waals surface area contributed by atoms with Gasteiger partial charge >= 0.3 is 0 Å². The number of aryl methyl sites for hydroxylation is 3. The van der Waals surface area contributed by atoms with E-state index in [0.717, 1.165) is 36.7 Å². The number of aromatic nitrogens is 2. The third kappa shape index (κ3) is 3.56. The Bertz CT molecular complexity index is 324. The van der Waals surface area contributed by atoms with Crippen LogP contribution in [0.5, 0.6) is 0 Å². The fourth-order valence-corrected chi connectivity index (χ4v) is 2.01. The predicted octanol–water partition coefficient (Wildman–Crippen LogP) is 2.19. The summed E-state index contributed by atoms with van der Waals surface area (Å²) in [5.41, 5.74) is 3.58. The lowest BCUT2D eigenvalue weighted by Gasteiger charge is -2.15. The van der Waals surface area contributed by atoms with Crippen LogP contribution in [0.4, 0.5) is 0 Å². The van der Waals surface area contributed by atoms with Crippen molar-refractivity contribution in [3.63, 3.8) is 0 Å². The van der Waals surface area contributed by atoms with Gasteiger partial charge in [-0.2, -0.15) is 0 Å². The second-order valence-corrected chi connectivity index (χ2v) is 4.54. The summed E-state index contributed by atoms with van der Waals surface area (Å²) >= 11 is 0. The first-order chi connectivity index (χ1) is 7.54. The highest BCUT2D eigenvalue weighted by Gasteiger charge is 2.10. The maximum absolute atomic E-state index is 4.44. The van der Waals surface area contributed by atoms with E-state index >= 15 is 0 Å². The number of hydrogen-bond donors (Lipinski definition) is 1. The summed E-state index contributed by atoms with van der Waals surface area (Å²) in [7, 11) is 0. The molecule has 3 nitrogen and oxygen atoms in total. The SMILES string of the molecule is CCNCC(C)Cc1c(C)nc(C)nc1C. The fraction of sp³-hybridized carbons (Fsp3) is 0.692. The zero-order valence-corrected chi connectivity index (χ0v) is 11.1. The second kappa shape index (κ2) is 5.94. The molecule has 0 spiro atoms. The van der Waals surface area contributed by atoms with E-state index < -0.39 is 0 Å². The maximum Gasteiger partial charge on any atom is 0.125 e. The molecule has 0 bridgehead atoms. The molecule has 1 atom stereocenters. The largest absolute Gasteiger partial charge is 0.317 e. The lowest BCUT2D eigenvalue weighted by Crippen LogP contribution is -2.22. The molecule has 16 heavy (non-hydrogen) atoms. The summed E-state index contributed by atoms with van der Waals surface area (Å²) in [6, 6.07) is 0. The van der Waals surface area contributed by atoms with E-state index in [-0.39, 0.29) is 0 Å². The molecule has 0 amide bonds. The molecule has 0 aliphatic carbocycles. The van der Waals surface area contributed by atoms with E-state index in [1.54, 1.807) is 0 Å². The summed E-state index contributed by atoms with van der Waals surface area (Å²) in [5.74, 6) is 1.50. The van der Waals surface area contributed by atoms with Gasteiger partial charge in [-0.05, 0) is 51.8 Å². The Hall–Kier alpha value is -0.960. The van der Waals surface area contributed by atoms with Gasteiger partial charge in [0.2, 0.25) is 0 Å². The van der Waals surface area contributed by atoms with Gasteiger partial charge in [-0.25, -0.2) is 9.97 Å². The van der Waals surface area contributed by atoms with Crippen LogP contribution in [0.25, 0.3) is 0 Å². The third-order valence-electron chi connectivity index (χ3n) is 2.83. The fourth-order valence-electron chi connectivity index (χ4n) is 2.01. The van der Waals surface area contributed by atoms with E-state index in [4.69, 9.17) is 0 Å². The standard InChI is InChI=1S/C13H23N3/c1-6-14-8-9(2)7-13-10(3)15-12(5)16-11(13)4/h9,14H,6-8H2,1-5H3.